The van der Waals surface area contributed by atoms with Crippen molar-refractivity contribution in [3.8, 4) is 0 Å². The standard InChI is InChI=1S/C21H20N2OS/c1-23(15-19-7-5-6-14-22-19)21(24)18-12-10-17(11-13-18)16-25-20-8-3-2-4-9-20/h2-14H,15-16H2,1H3. The average Bonchev–Trinajstić information content (AvgIpc) is 2.68. The zero-order chi connectivity index (χ0) is 17.5. The molecule has 0 saturated carbocycles. The van der Waals surface area contributed by atoms with E-state index in [9.17, 15) is 4.79 Å². The van der Waals surface area contributed by atoms with Crippen LogP contribution in [-0.4, -0.2) is 22.8 Å². The third-order valence-corrected chi connectivity index (χ3v) is 4.90. The van der Waals surface area contributed by atoms with E-state index in [1.54, 1.807) is 29.9 Å². The van der Waals surface area contributed by atoms with Crippen molar-refractivity contribution in [3.05, 3.63) is 95.8 Å². The number of nitrogens with zero attached hydrogens (tertiary/aromatic N) is 2. The number of benzene rings is 2. The van der Waals surface area contributed by atoms with Crippen LogP contribution >= 0.6 is 11.8 Å². The molecule has 1 aromatic heterocycles. The van der Waals surface area contributed by atoms with Crippen molar-refractivity contribution in [3.63, 3.8) is 0 Å². The van der Waals surface area contributed by atoms with Crippen molar-refractivity contribution >= 4 is 17.7 Å². The van der Waals surface area contributed by atoms with E-state index in [1.807, 2.05) is 60.7 Å². The first-order valence-electron chi connectivity index (χ1n) is 8.14. The molecule has 3 rings (SSSR count). The molecule has 0 aliphatic heterocycles. The van der Waals surface area contributed by atoms with Crippen molar-refractivity contribution in [1.82, 2.24) is 9.88 Å². The normalized spacial score (nSPS) is 10.4. The van der Waals surface area contributed by atoms with E-state index in [1.165, 1.54) is 10.5 Å². The minimum absolute atomic E-state index is 0.00733. The molecule has 0 radical (unpaired) electrons. The van der Waals surface area contributed by atoms with Gasteiger partial charge in [0.25, 0.3) is 5.91 Å². The van der Waals surface area contributed by atoms with E-state index in [0.29, 0.717) is 12.1 Å². The molecule has 0 spiro atoms. The molecule has 0 saturated heterocycles. The highest BCUT2D eigenvalue weighted by molar-refractivity contribution is 7.98. The quantitative estimate of drug-likeness (QED) is 0.608. The minimum atomic E-state index is 0.00733. The van der Waals surface area contributed by atoms with Crippen LogP contribution in [0.4, 0.5) is 0 Å². The summed E-state index contributed by atoms with van der Waals surface area (Å²) in [5, 5.41) is 0. The summed E-state index contributed by atoms with van der Waals surface area (Å²) >= 11 is 1.79. The molecule has 1 amide bonds. The summed E-state index contributed by atoms with van der Waals surface area (Å²) in [7, 11) is 1.80. The number of thioether (sulfide) groups is 1. The summed E-state index contributed by atoms with van der Waals surface area (Å²) < 4.78 is 0. The third-order valence-electron chi connectivity index (χ3n) is 3.82. The molecule has 0 unspecified atom stereocenters. The zero-order valence-corrected chi connectivity index (χ0v) is 14.9. The van der Waals surface area contributed by atoms with Crippen LogP contribution in [0, 0.1) is 0 Å². The van der Waals surface area contributed by atoms with Gasteiger partial charge in [-0.2, -0.15) is 0 Å². The molecule has 0 bridgehead atoms. The SMILES string of the molecule is CN(Cc1ccccn1)C(=O)c1ccc(CSc2ccccc2)cc1. The van der Waals surface area contributed by atoms with Crippen LogP contribution in [0.2, 0.25) is 0 Å². The van der Waals surface area contributed by atoms with Gasteiger partial charge >= 0.3 is 0 Å². The van der Waals surface area contributed by atoms with Crippen LogP contribution in [0.1, 0.15) is 21.6 Å². The van der Waals surface area contributed by atoms with Gasteiger partial charge in [-0.1, -0.05) is 36.4 Å². The van der Waals surface area contributed by atoms with Crippen LogP contribution in [0.15, 0.2) is 83.9 Å². The lowest BCUT2D eigenvalue weighted by atomic mass is 10.1. The van der Waals surface area contributed by atoms with E-state index >= 15 is 0 Å². The van der Waals surface area contributed by atoms with Gasteiger partial charge in [-0.25, -0.2) is 0 Å². The number of hydrogen-bond donors (Lipinski definition) is 0. The fourth-order valence-corrected chi connectivity index (χ4v) is 3.33. The molecule has 0 fully saturated rings. The Bertz CT molecular complexity index is 804. The van der Waals surface area contributed by atoms with E-state index < -0.39 is 0 Å². The van der Waals surface area contributed by atoms with Crippen LogP contribution in [0.25, 0.3) is 0 Å². The number of amides is 1. The van der Waals surface area contributed by atoms with Crippen LogP contribution in [-0.2, 0) is 12.3 Å². The van der Waals surface area contributed by atoms with Gasteiger partial charge in [0.15, 0.2) is 0 Å². The predicted molar refractivity (Wildman–Crippen MR) is 102 cm³/mol. The Balaban J connectivity index is 1.58. The first-order chi connectivity index (χ1) is 12.2. The number of rotatable bonds is 6. The highest BCUT2D eigenvalue weighted by Gasteiger charge is 2.12. The van der Waals surface area contributed by atoms with Crippen LogP contribution in [0.3, 0.4) is 0 Å². The molecule has 126 valence electrons. The first kappa shape index (κ1) is 17.2. The molecular weight excluding hydrogens is 328 g/mol. The summed E-state index contributed by atoms with van der Waals surface area (Å²) in [5.74, 6) is 0.898. The van der Waals surface area contributed by atoms with E-state index in [2.05, 4.69) is 17.1 Å². The molecule has 25 heavy (non-hydrogen) atoms. The Labute approximate surface area is 152 Å². The summed E-state index contributed by atoms with van der Waals surface area (Å²) in [6, 6.07) is 23.9. The fraction of sp³-hybridized carbons (Fsp3) is 0.143. The summed E-state index contributed by atoms with van der Waals surface area (Å²) in [6.45, 7) is 0.505. The summed E-state index contributed by atoms with van der Waals surface area (Å²) in [6.07, 6.45) is 1.74. The molecular formula is C21H20N2OS. The number of aromatic nitrogens is 1. The molecule has 2 aromatic carbocycles. The Hall–Kier alpha value is -2.59. The van der Waals surface area contributed by atoms with Crippen LogP contribution < -0.4 is 0 Å². The smallest absolute Gasteiger partial charge is 0.253 e. The lowest BCUT2D eigenvalue weighted by molar-refractivity contribution is 0.0783. The molecule has 3 aromatic rings. The Kier molecular flexibility index (Phi) is 5.86. The van der Waals surface area contributed by atoms with Gasteiger partial charge in [-0.05, 0) is 42.0 Å². The van der Waals surface area contributed by atoms with Gasteiger partial charge in [0, 0.05) is 29.5 Å². The summed E-state index contributed by atoms with van der Waals surface area (Å²) in [5.41, 5.74) is 2.79. The maximum atomic E-state index is 12.5. The molecule has 3 nitrogen and oxygen atoms in total. The molecule has 0 N–H and O–H groups in total. The highest BCUT2D eigenvalue weighted by atomic mass is 32.2. The largest absolute Gasteiger partial charge is 0.336 e. The van der Waals surface area contributed by atoms with E-state index in [0.717, 1.165) is 11.4 Å². The van der Waals surface area contributed by atoms with Crippen molar-refractivity contribution < 1.29 is 4.79 Å². The Morgan fingerprint density at radius 3 is 2.36 bits per heavy atom. The van der Waals surface area contributed by atoms with Gasteiger partial charge in [0.1, 0.15) is 0 Å². The topological polar surface area (TPSA) is 33.2 Å². The molecule has 0 aliphatic rings. The maximum Gasteiger partial charge on any atom is 0.253 e. The first-order valence-corrected chi connectivity index (χ1v) is 9.13. The molecule has 0 aliphatic carbocycles. The van der Waals surface area contributed by atoms with Gasteiger partial charge in [0.05, 0.1) is 12.2 Å². The average molecular weight is 348 g/mol. The van der Waals surface area contributed by atoms with Gasteiger partial charge in [-0.15, -0.1) is 11.8 Å². The monoisotopic (exact) mass is 348 g/mol. The third kappa shape index (κ3) is 4.94. The Morgan fingerprint density at radius 2 is 1.68 bits per heavy atom. The fourth-order valence-electron chi connectivity index (χ4n) is 2.45. The predicted octanol–water partition coefficient (Wildman–Crippen LogP) is 4.65. The molecule has 4 heteroatoms. The van der Waals surface area contributed by atoms with Crippen molar-refractivity contribution in [2.75, 3.05) is 7.05 Å². The van der Waals surface area contributed by atoms with Gasteiger partial charge in [-0.3, -0.25) is 9.78 Å². The summed E-state index contributed by atoms with van der Waals surface area (Å²) in [4.78, 5) is 19.7. The zero-order valence-electron chi connectivity index (χ0n) is 14.1. The second kappa shape index (κ2) is 8.49. The van der Waals surface area contributed by atoms with Crippen molar-refractivity contribution in [2.24, 2.45) is 0 Å². The van der Waals surface area contributed by atoms with Gasteiger partial charge in [0.2, 0.25) is 0 Å². The van der Waals surface area contributed by atoms with Crippen molar-refractivity contribution in [2.45, 2.75) is 17.2 Å². The number of carbonyl (C=O) groups is 1. The number of pyridine rings is 1. The van der Waals surface area contributed by atoms with Crippen molar-refractivity contribution in [1.29, 1.82) is 0 Å². The lowest BCUT2D eigenvalue weighted by Gasteiger charge is -2.17. The highest BCUT2D eigenvalue weighted by Crippen LogP contribution is 2.22. The second-order valence-corrected chi connectivity index (χ2v) is 6.83. The number of hydrogen-bond acceptors (Lipinski definition) is 3. The lowest BCUT2D eigenvalue weighted by Crippen LogP contribution is -2.26. The number of carbonyl (C=O) groups excluding carboxylic acids is 1. The van der Waals surface area contributed by atoms with Gasteiger partial charge < -0.3 is 4.90 Å². The molecule has 1 heterocycles. The molecule has 0 atom stereocenters. The second-order valence-electron chi connectivity index (χ2n) is 5.78. The van der Waals surface area contributed by atoms with E-state index in [-0.39, 0.29) is 5.91 Å². The Morgan fingerprint density at radius 1 is 0.960 bits per heavy atom. The van der Waals surface area contributed by atoms with Crippen LogP contribution in [0.5, 0.6) is 0 Å². The minimum Gasteiger partial charge on any atom is -0.336 e. The van der Waals surface area contributed by atoms with E-state index in [4.69, 9.17) is 0 Å². The maximum absolute atomic E-state index is 12.5.